The Balaban J connectivity index is 1.81. The number of nitrogens with one attached hydrogen (secondary N) is 1. The number of rotatable bonds is 3. The summed E-state index contributed by atoms with van der Waals surface area (Å²) in [5, 5.41) is 0. The molecule has 2 heterocycles. The molecule has 0 spiro atoms. The van der Waals surface area contributed by atoms with Crippen molar-refractivity contribution in [3.05, 3.63) is 29.3 Å². The van der Waals surface area contributed by atoms with Crippen LogP contribution in [0.2, 0.25) is 0 Å². The Morgan fingerprint density at radius 1 is 1.25 bits per heavy atom. The van der Waals surface area contributed by atoms with Crippen LogP contribution < -0.4 is 4.72 Å². The minimum atomic E-state index is -3.45. The molecule has 3 rings (SSSR count). The van der Waals surface area contributed by atoms with Gasteiger partial charge in [0.05, 0.1) is 18.1 Å². The van der Waals surface area contributed by atoms with Crippen LogP contribution in [0.5, 0.6) is 0 Å². The van der Waals surface area contributed by atoms with Crippen molar-refractivity contribution in [3.63, 3.8) is 0 Å². The van der Waals surface area contributed by atoms with Gasteiger partial charge in [0.2, 0.25) is 10.0 Å². The fourth-order valence-electron chi connectivity index (χ4n) is 2.95. The van der Waals surface area contributed by atoms with Crippen molar-refractivity contribution in [2.45, 2.75) is 31.1 Å². The van der Waals surface area contributed by atoms with Crippen LogP contribution in [-0.4, -0.2) is 39.5 Å². The van der Waals surface area contributed by atoms with Gasteiger partial charge < -0.3 is 9.64 Å². The van der Waals surface area contributed by atoms with Gasteiger partial charge in [-0.2, -0.15) is 0 Å². The summed E-state index contributed by atoms with van der Waals surface area (Å²) in [6, 6.07) is 5.23. The fraction of sp³-hybridized carbons (Fsp3) is 0.571. The van der Waals surface area contributed by atoms with E-state index in [0.717, 1.165) is 24.2 Å². The van der Waals surface area contributed by atoms with Crippen molar-refractivity contribution in [1.29, 1.82) is 0 Å². The summed E-state index contributed by atoms with van der Waals surface area (Å²) in [4.78, 5) is 2.48. The first-order valence-corrected chi connectivity index (χ1v) is 8.34. The summed E-state index contributed by atoms with van der Waals surface area (Å²) >= 11 is 0. The zero-order chi connectivity index (χ0) is 14.3. The molecule has 20 heavy (non-hydrogen) atoms. The maximum absolute atomic E-state index is 12.5. The molecule has 0 radical (unpaired) electrons. The number of benzene rings is 1. The van der Waals surface area contributed by atoms with Crippen molar-refractivity contribution >= 4 is 10.0 Å². The van der Waals surface area contributed by atoms with Crippen LogP contribution in [0.4, 0.5) is 0 Å². The minimum absolute atomic E-state index is 0.0190. The van der Waals surface area contributed by atoms with Crippen LogP contribution in [-0.2, 0) is 28.0 Å². The maximum atomic E-state index is 12.5. The maximum Gasteiger partial charge on any atom is 0.240 e. The first-order valence-electron chi connectivity index (χ1n) is 6.86. The molecule has 6 heteroatoms. The Kier molecular flexibility index (Phi) is 3.58. The number of hydrogen-bond donors (Lipinski definition) is 1. The van der Waals surface area contributed by atoms with Gasteiger partial charge in [0.1, 0.15) is 0 Å². The highest BCUT2D eigenvalue weighted by molar-refractivity contribution is 7.89. The second kappa shape index (κ2) is 5.11. The minimum Gasteiger partial charge on any atom is -0.372 e. The SMILES string of the molecule is C[C@@H]1CN(C)C[C@H]1NS(=O)(=O)c1ccc2c(c1)COC2. The first-order chi connectivity index (χ1) is 9.45. The highest BCUT2D eigenvalue weighted by Gasteiger charge is 2.31. The zero-order valence-corrected chi connectivity index (χ0v) is 12.6. The van der Waals surface area contributed by atoms with E-state index in [9.17, 15) is 8.42 Å². The molecule has 1 fully saturated rings. The van der Waals surface area contributed by atoms with E-state index in [1.54, 1.807) is 12.1 Å². The summed E-state index contributed by atoms with van der Waals surface area (Å²) in [6.07, 6.45) is 0. The van der Waals surface area contributed by atoms with E-state index >= 15 is 0 Å². The third kappa shape index (κ3) is 2.61. The predicted octanol–water partition coefficient (Wildman–Crippen LogP) is 0.945. The molecule has 1 N–H and O–H groups in total. The summed E-state index contributed by atoms with van der Waals surface area (Å²) < 4.78 is 33.1. The quantitative estimate of drug-likeness (QED) is 0.902. The Labute approximate surface area is 120 Å². The van der Waals surface area contributed by atoms with Gasteiger partial charge >= 0.3 is 0 Å². The molecule has 2 atom stereocenters. The van der Waals surface area contributed by atoms with Gasteiger partial charge in [-0.25, -0.2) is 13.1 Å². The third-order valence-corrected chi connectivity index (χ3v) is 5.59. The number of hydrogen-bond acceptors (Lipinski definition) is 4. The molecule has 0 amide bonds. The molecular formula is C14H20N2O3S. The molecule has 110 valence electrons. The van der Waals surface area contributed by atoms with Gasteiger partial charge in [0.25, 0.3) is 0 Å². The molecule has 1 aromatic rings. The van der Waals surface area contributed by atoms with Crippen LogP contribution >= 0.6 is 0 Å². The molecule has 0 aliphatic carbocycles. The lowest BCUT2D eigenvalue weighted by molar-refractivity contribution is 0.134. The van der Waals surface area contributed by atoms with Crippen molar-refractivity contribution in [1.82, 2.24) is 9.62 Å². The van der Waals surface area contributed by atoms with Crippen molar-refractivity contribution < 1.29 is 13.2 Å². The third-order valence-electron chi connectivity index (χ3n) is 4.10. The second-order valence-corrected chi connectivity index (χ2v) is 7.56. The summed E-state index contributed by atoms with van der Waals surface area (Å²) in [5.41, 5.74) is 2.06. The number of ether oxygens (including phenoxy) is 1. The van der Waals surface area contributed by atoms with Crippen LogP contribution in [0.15, 0.2) is 23.1 Å². The number of sulfonamides is 1. The number of fused-ring (bicyclic) bond motifs is 1. The second-order valence-electron chi connectivity index (χ2n) is 5.85. The lowest BCUT2D eigenvalue weighted by atomic mass is 10.1. The lowest BCUT2D eigenvalue weighted by Gasteiger charge is -2.17. The fourth-order valence-corrected chi connectivity index (χ4v) is 4.33. The molecule has 2 aliphatic rings. The largest absolute Gasteiger partial charge is 0.372 e. The molecule has 0 aromatic heterocycles. The van der Waals surface area contributed by atoms with E-state index in [0.29, 0.717) is 24.0 Å². The van der Waals surface area contributed by atoms with E-state index in [1.807, 2.05) is 13.1 Å². The number of likely N-dealkylation sites (N-methyl/N-ethyl adjacent to an activating group) is 1. The van der Waals surface area contributed by atoms with Gasteiger partial charge in [-0.1, -0.05) is 13.0 Å². The van der Waals surface area contributed by atoms with E-state index < -0.39 is 10.0 Å². The molecule has 0 bridgehead atoms. The van der Waals surface area contributed by atoms with Gasteiger partial charge in [0, 0.05) is 19.1 Å². The van der Waals surface area contributed by atoms with E-state index in [1.165, 1.54) is 0 Å². The monoisotopic (exact) mass is 296 g/mol. The predicted molar refractivity (Wildman–Crippen MR) is 75.7 cm³/mol. The van der Waals surface area contributed by atoms with Crippen molar-refractivity contribution in [3.8, 4) is 0 Å². The topological polar surface area (TPSA) is 58.6 Å². The van der Waals surface area contributed by atoms with Crippen LogP contribution in [0.25, 0.3) is 0 Å². The normalized spacial score (nSPS) is 26.9. The highest BCUT2D eigenvalue weighted by Crippen LogP contribution is 2.24. The van der Waals surface area contributed by atoms with Gasteiger partial charge in [0.15, 0.2) is 0 Å². The smallest absolute Gasteiger partial charge is 0.240 e. The van der Waals surface area contributed by atoms with Crippen LogP contribution in [0.3, 0.4) is 0 Å². The van der Waals surface area contributed by atoms with E-state index in [2.05, 4.69) is 16.5 Å². The molecule has 0 unspecified atom stereocenters. The Morgan fingerprint density at radius 3 is 2.70 bits per heavy atom. The van der Waals surface area contributed by atoms with Crippen LogP contribution in [0.1, 0.15) is 18.1 Å². The van der Waals surface area contributed by atoms with E-state index in [4.69, 9.17) is 4.74 Å². The molecular weight excluding hydrogens is 276 g/mol. The molecule has 1 aromatic carbocycles. The van der Waals surface area contributed by atoms with Crippen molar-refractivity contribution in [2.24, 2.45) is 5.92 Å². The Bertz CT molecular complexity index is 615. The van der Waals surface area contributed by atoms with Gasteiger partial charge in [-0.15, -0.1) is 0 Å². The standard InChI is InChI=1S/C14H20N2O3S/c1-10-6-16(2)7-14(10)15-20(17,18)13-4-3-11-8-19-9-12(11)5-13/h3-5,10,14-15H,6-9H2,1-2H3/t10-,14-/m1/s1. The summed E-state index contributed by atoms with van der Waals surface area (Å²) in [7, 11) is -1.44. The summed E-state index contributed by atoms with van der Waals surface area (Å²) in [5.74, 6) is 0.326. The number of likely N-dealkylation sites (tertiary alicyclic amines) is 1. The molecule has 0 saturated carbocycles. The Morgan fingerprint density at radius 2 is 2.00 bits per heavy atom. The average molecular weight is 296 g/mol. The highest BCUT2D eigenvalue weighted by atomic mass is 32.2. The number of nitrogens with zero attached hydrogens (tertiary/aromatic N) is 1. The molecule has 5 nitrogen and oxygen atoms in total. The molecule has 1 saturated heterocycles. The Hall–Kier alpha value is -0.950. The zero-order valence-electron chi connectivity index (χ0n) is 11.8. The van der Waals surface area contributed by atoms with Gasteiger partial charge in [-0.05, 0) is 36.2 Å². The van der Waals surface area contributed by atoms with E-state index in [-0.39, 0.29) is 6.04 Å². The van der Waals surface area contributed by atoms with Gasteiger partial charge in [-0.3, -0.25) is 0 Å². The molecule has 2 aliphatic heterocycles. The lowest BCUT2D eigenvalue weighted by Crippen LogP contribution is -2.39. The first kappa shape index (κ1) is 14.0. The average Bonchev–Trinajstić information content (AvgIpc) is 2.95. The van der Waals surface area contributed by atoms with Crippen molar-refractivity contribution in [2.75, 3.05) is 20.1 Å². The van der Waals surface area contributed by atoms with Crippen LogP contribution in [0, 0.1) is 5.92 Å². The summed E-state index contributed by atoms with van der Waals surface area (Å²) in [6.45, 7) is 4.84.